The molecule has 2 aromatic heterocycles. The number of ether oxygens (including phenoxy) is 1. The Balaban J connectivity index is 2.50. The van der Waals surface area contributed by atoms with Crippen molar-refractivity contribution in [3.05, 3.63) is 57.5 Å². The first-order valence-electron chi connectivity index (χ1n) is 6.90. The number of carbonyl (C=O) groups excluding carboxylic acids is 1. The molecule has 6 nitrogen and oxygen atoms in total. The van der Waals surface area contributed by atoms with Crippen LogP contribution >= 0.6 is 0 Å². The largest absolute Gasteiger partial charge is 0.465 e. The number of rotatable bonds is 2. The van der Waals surface area contributed by atoms with E-state index in [2.05, 4.69) is 9.97 Å². The van der Waals surface area contributed by atoms with Crippen molar-refractivity contribution in [2.24, 2.45) is 0 Å². The van der Waals surface area contributed by atoms with E-state index in [0.717, 1.165) is 5.56 Å². The summed E-state index contributed by atoms with van der Waals surface area (Å²) < 4.78 is 4.78. The van der Waals surface area contributed by atoms with Gasteiger partial charge in [0.1, 0.15) is 17.2 Å². The average Bonchev–Trinajstić information content (AvgIpc) is 2.89. The fourth-order valence-electron chi connectivity index (χ4n) is 2.71. The molecule has 3 rings (SSSR count). The molecule has 2 N–H and O–H groups in total. The molecule has 114 valence electrons. The second-order valence-electron chi connectivity index (χ2n) is 5.05. The number of hydrogen-bond donors (Lipinski definition) is 2. The molecule has 0 aliphatic heterocycles. The van der Waals surface area contributed by atoms with Crippen molar-refractivity contribution < 1.29 is 9.53 Å². The molecule has 0 bridgehead atoms. The highest BCUT2D eigenvalue weighted by Gasteiger charge is 2.23. The lowest BCUT2D eigenvalue weighted by atomic mass is 10.00. The molecule has 23 heavy (non-hydrogen) atoms. The van der Waals surface area contributed by atoms with E-state index < -0.39 is 11.5 Å². The van der Waals surface area contributed by atoms with Crippen LogP contribution in [0.1, 0.15) is 21.6 Å². The number of nitrogens with one attached hydrogen (secondary N) is 2. The third-order valence-corrected chi connectivity index (χ3v) is 3.72. The van der Waals surface area contributed by atoms with Gasteiger partial charge in [-0.2, -0.15) is 5.26 Å². The monoisotopic (exact) mass is 307 g/mol. The van der Waals surface area contributed by atoms with E-state index in [1.165, 1.54) is 7.11 Å². The number of methoxy groups -OCH3 is 1. The summed E-state index contributed by atoms with van der Waals surface area (Å²) in [6, 6.07) is 11.1. The summed E-state index contributed by atoms with van der Waals surface area (Å²) >= 11 is 0. The number of pyridine rings is 1. The first-order valence-corrected chi connectivity index (χ1v) is 6.90. The zero-order valence-corrected chi connectivity index (χ0v) is 12.6. The third-order valence-electron chi connectivity index (χ3n) is 3.72. The Labute approximate surface area is 131 Å². The zero-order chi connectivity index (χ0) is 16.6. The zero-order valence-electron chi connectivity index (χ0n) is 12.6. The molecular weight excluding hydrogens is 294 g/mol. The highest BCUT2D eigenvalue weighted by Crippen LogP contribution is 2.31. The number of fused-ring (bicyclic) bond motifs is 1. The molecule has 0 saturated heterocycles. The van der Waals surface area contributed by atoms with Crippen molar-refractivity contribution in [3.63, 3.8) is 0 Å². The predicted molar refractivity (Wildman–Crippen MR) is 85.1 cm³/mol. The van der Waals surface area contributed by atoms with Crippen LogP contribution in [0.15, 0.2) is 35.1 Å². The minimum atomic E-state index is -0.548. The first kappa shape index (κ1) is 14.6. The Kier molecular flexibility index (Phi) is 3.47. The minimum absolute atomic E-state index is 0.00126. The summed E-state index contributed by atoms with van der Waals surface area (Å²) in [4.78, 5) is 30.0. The highest BCUT2D eigenvalue weighted by atomic mass is 16.5. The molecule has 0 atom stereocenters. The van der Waals surface area contributed by atoms with Crippen LogP contribution in [0.4, 0.5) is 0 Å². The molecule has 0 aliphatic carbocycles. The van der Waals surface area contributed by atoms with Gasteiger partial charge in [0.15, 0.2) is 0 Å². The van der Waals surface area contributed by atoms with Gasteiger partial charge in [-0.1, -0.05) is 30.3 Å². The number of esters is 1. The van der Waals surface area contributed by atoms with Gasteiger partial charge in [0, 0.05) is 11.3 Å². The van der Waals surface area contributed by atoms with Crippen molar-refractivity contribution in [1.82, 2.24) is 9.97 Å². The molecule has 0 aliphatic rings. The van der Waals surface area contributed by atoms with Crippen molar-refractivity contribution in [3.8, 4) is 17.2 Å². The maximum Gasteiger partial charge on any atom is 0.341 e. The fraction of sp³-hybridized carbons (Fsp3) is 0.118. The molecule has 0 radical (unpaired) electrons. The lowest BCUT2D eigenvalue weighted by Gasteiger charge is -2.06. The van der Waals surface area contributed by atoms with Gasteiger partial charge in [0.05, 0.1) is 18.1 Å². The van der Waals surface area contributed by atoms with Crippen LogP contribution in [0.25, 0.3) is 22.2 Å². The molecule has 6 heteroatoms. The number of nitrogens with zero attached hydrogens (tertiary/aromatic N) is 1. The third kappa shape index (κ3) is 2.19. The summed E-state index contributed by atoms with van der Waals surface area (Å²) in [7, 11) is 1.28. The number of nitriles is 1. The Morgan fingerprint density at radius 1 is 1.17 bits per heavy atom. The van der Waals surface area contributed by atoms with E-state index in [0.29, 0.717) is 22.3 Å². The Bertz CT molecular complexity index is 1010. The smallest absolute Gasteiger partial charge is 0.341 e. The number of benzene rings is 1. The van der Waals surface area contributed by atoms with E-state index in [1.807, 2.05) is 36.4 Å². The van der Waals surface area contributed by atoms with Gasteiger partial charge in [-0.3, -0.25) is 4.79 Å². The van der Waals surface area contributed by atoms with Crippen molar-refractivity contribution >= 4 is 17.0 Å². The van der Waals surface area contributed by atoms with Gasteiger partial charge >= 0.3 is 5.97 Å². The van der Waals surface area contributed by atoms with Crippen molar-refractivity contribution in [2.45, 2.75) is 6.92 Å². The second-order valence-corrected chi connectivity index (χ2v) is 5.05. The summed E-state index contributed by atoms with van der Waals surface area (Å²) in [5.41, 5.74) is 2.37. The first-order chi connectivity index (χ1) is 11.1. The average molecular weight is 307 g/mol. The van der Waals surface area contributed by atoms with E-state index in [1.54, 1.807) is 6.92 Å². The quantitative estimate of drug-likeness (QED) is 0.710. The van der Waals surface area contributed by atoms with Crippen LogP contribution in [0.3, 0.4) is 0 Å². The maximum atomic E-state index is 12.3. The minimum Gasteiger partial charge on any atom is -0.465 e. The van der Waals surface area contributed by atoms with Crippen LogP contribution in [0.5, 0.6) is 0 Å². The van der Waals surface area contributed by atoms with Gasteiger partial charge in [-0.05, 0) is 12.5 Å². The van der Waals surface area contributed by atoms with Crippen molar-refractivity contribution in [1.29, 1.82) is 5.26 Å². The topological polar surface area (TPSA) is 98.7 Å². The van der Waals surface area contributed by atoms with Gasteiger partial charge in [-0.15, -0.1) is 0 Å². The standard InChI is InChI=1S/C17H13N3O3/c1-9-12(17(22)23-2)14-15(19-9)13(10-6-4-3-5-7-10)11(8-18)16(21)20-14/h3-7,19H,1-2H3,(H,20,21). The van der Waals surface area contributed by atoms with Crippen molar-refractivity contribution in [2.75, 3.05) is 7.11 Å². The molecule has 0 fully saturated rings. The van der Waals surface area contributed by atoms with Crippen LogP contribution in [0, 0.1) is 18.3 Å². The molecule has 2 heterocycles. The lowest BCUT2D eigenvalue weighted by Crippen LogP contribution is -2.13. The maximum absolute atomic E-state index is 12.3. The Morgan fingerprint density at radius 3 is 2.48 bits per heavy atom. The summed E-state index contributed by atoms with van der Waals surface area (Å²) in [6.07, 6.45) is 0. The number of aromatic amines is 2. The Hall–Kier alpha value is -3.33. The number of H-pyrrole nitrogens is 2. The summed E-state index contributed by atoms with van der Waals surface area (Å²) in [5, 5.41) is 9.38. The lowest BCUT2D eigenvalue weighted by molar-refractivity contribution is 0.0602. The second kappa shape index (κ2) is 5.46. The summed E-state index contributed by atoms with van der Waals surface area (Å²) in [6.45, 7) is 1.71. The number of aromatic nitrogens is 2. The Morgan fingerprint density at radius 2 is 1.87 bits per heavy atom. The van der Waals surface area contributed by atoms with Crippen LogP contribution in [-0.4, -0.2) is 23.0 Å². The summed E-state index contributed by atoms with van der Waals surface area (Å²) in [5.74, 6) is -0.548. The SMILES string of the molecule is COC(=O)c1c(C)[nH]c2c(-c3ccccc3)c(C#N)c(=O)[nH]c12. The van der Waals surface area contributed by atoms with Gasteiger partial charge in [0.25, 0.3) is 5.56 Å². The van der Waals surface area contributed by atoms with Crippen LogP contribution in [-0.2, 0) is 4.74 Å². The number of carbonyl (C=O) groups is 1. The molecule has 0 amide bonds. The highest BCUT2D eigenvalue weighted by molar-refractivity contribution is 6.08. The predicted octanol–water partition coefficient (Wildman–Crippen LogP) is 2.49. The molecule has 0 unspecified atom stereocenters. The van der Waals surface area contributed by atoms with Gasteiger partial charge in [0.2, 0.25) is 0 Å². The van der Waals surface area contributed by atoms with E-state index in [9.17, 15) is 14.9 Å². The molecule has 0 spiro atoms. The van der Waals surface area contributed by atoms with Gasteiger partial charge in [-0.25, -0.2) is 4.79 Å². The van der Waals surface area contributed by atoms with Gasteiger partial charge < -0.3 is 14.7 Å². The van der Waals surface area contributed by atoms with Crippen LogP contribution < -0.4 is 5.56 Å². The normalized spacial score (nSPS) is 10.5. The molecule has 3 aromatic rings. The molecule has 0 saturated carbocycles. The molecular formula is C17H13N3O3. The van der Waals surface area contributed by atoms with E-state index in [4.69, 9.17) is 4.74 Å². The number of aryl methyl sites for hydroxylation is 1. The fourth-order valence-corrected chi connectivity index (χ4v) is 2.71. The van der Waals surface area contributed by atoms with E-state index >= 15 is 0 Å². The van der Waals surface area contributed by atoms with Crippen LogP contribution in [0.2, 0.25) is 0 Å². The molecule has 1 aromatic carbocycles. The van der Waals surface area contributed by atoms with E-state index in [-0.39, 0.29) is 11.1 Å². The number of hydrogen-bond acceptors (Lipinski definition) is 4.